The summed E-state index contributed by atoms with van der Waals surface area (Å²) in [4.78, 5) is 13.0. The van der Waals surface area contributed by atoms with Crippen LogP contribution < -0.4 is 10.6 Å². The maximum absolute atomic E-state index is 6.21. The fraction of sp³-hybridized carbons (Fsp3) is 0.211. The standard InChI is InChI=1S/C19H19Cl2N5/c1-13-10-18(23-9-6-15-2-3-16(20)11-17(15)21)26-19(25-13)24-12-14-4-7-22-8-5-14/h2-5,7-8,10-11H,6,9,12H2,1H3,(H2,23,24,25,26). The van der Waals surface area contributed by atoms with Gasteiger partial charge in [0.15, 0.2) is 0 Å². The Kier molecular flexibility index (Phi) is 6.26. The van der Waals surface area contributed by atoms with Crippen molar-refractivity contribution < 1.29 is 0 Å². The molecule has 2 aromatic heterocycles. The summed E-state index contributed by atoms with van der Waals surface area (Å²) in [6, 6.07) is 11.4. The van der Waals surface area contributed by atoms with Crippen LogP contribution in [0.2, 0.25) is 10.0 Å². The van der Waals surface area contributed by atoms with Gasteiger partial charge < -0.3 is 10.6 Å². The van der Waals surface area contributed by atoms with E-state index in [0.29, 0.717) is 29.1 Å². The minimum Gasteiger partial charge on any atom is -0.370 e. The monoisotopic (exact) mass is 387 g/mol. The van der Waals surface area contributed by atoms with E-state index >= 15 is 0 Å². The maximum atomic E-state index is 6.21. The lowest BCUT2D eigenvalue weighted by Gasteiger charge is -2.10. The number of halogens is 2. The molecule has 7 heteroatoms. The fourth-order valence-corrected chi connectivity index (χ4v) is 2.97. The Balaban J connectivity index is 1.58. The van der Waals surface area contributed by atoms with Crippen LogP contribution in [0, 0.1) is 6.92 Å². The molecule has 5 nitrogen and oxygen atoms in total. The van der Waals surface area contributed by atoms with Crippen molar-refractivity contribution in [3.63, 3.8) is 0 Å². The summed E-state index contributed by atoms with van der Waals surface area (Å²) in [5.74, 6) is 1.37. The van der Waals surface area contributed by atoms with Crippen molar-refractivity contribution >= 4 is 35.0 Å². The summed E-state index contributed by atoms with van der Waals surface area (Å²) < 4.78 is 0. The number of aryl methyl sites for hydroxylation is 1. The summed E-state index contributed by atoms with van der Waals surface area (Å²) in [6.45, 7) is 3.30. The highest BCUT2D eigenvalue weighted by Crippen LogP contribution is 2.21. The lowest BCUT2D eigenvalue weighted by atomic mass is 10.1. The SMILES string of the molecule is Cc1cc(NCCc2ccc(Cl)cc2Cl)nc(NCc2ccncc2)n1. The molecule has 0 amide bonds. The van der Waals surface area contributed by atoms with Gasteiger partial charge in [0, 0.05) is 47.3 Å². The van der Waals surface area contributed by atoms with Crippen molar-refractivity contribution in [1.82, 2.24) is 15.0 Å². The maximum Gasteiger partial charge on any atom is 0.225 e. The van der Waals surface area contributed by atoms with Crippen LogP contribution in [-0.4, -0.2) is 21.5 Å². The molecule has 0 unspecified atom stereocenters. The van der Waals surface area contributed by atoms with Gasteiger partial charge in [-0.05, 0) is 48.7 Å². The predicted octanol–water partition coefficient (Wildman–Crippen LogP) is 4.75. The molecule has 134 valence electrons. The number of hydrogen-bond donors (Lipinski definition) is 2. The first-order chi connectivity index (χ1) is 12.6. The molecule has 0 fully saturated rings. The zero-order valence-corrected chi connectivity index (χ0v) is 15.8. The average molecular weight is 388 g/mol. The molecule has 0 radical (unpaired) electrons. The summed E-state index contributed by atoms with van der Waals surface area (Å²) in [7, 11) is 0. The van der Waals surface area contributed by atoms with Crippen LogP contribution in [0.1, 0.15) is 16.8 Å². The summed E-state index contributed by atoms with van der Waals surface area (Å²) in [5.41, 5.74) is 3.06. The van der Waals surface area contributed by atoms with Crippen molar-refractivity contribution in [2.75, 3.05) is 17.2 Å². The molecule has 0 aliphatic carbocycles. The highest BCUT2D eigenvalue weighted by Gasteiger charge is 2.04. The van der Waals surface area contributed by atoms with Crippen LogP contribution in [0.4, 0.5) is 11.8 Å². The Hall–Kier alpha value is -2.37. The Morgan fingerprint density at radius 1 is 0.962 bits per heavy atom. The molecule has 0 saturated carbocycles. The third kappa shape index (κ3) is 5.31. The van der Waals surface area contributed by atoms with Gasteiger partial charge in [-0.1, -0.05) is 29.3 Å². The number of rotatable bonds is 7. The third-order valence-electron chi connectivity index (χ3n) is 3.77. The van der Waals surface area contributed by atoms with Crippen LogP contribution in [0.15, 0.2) is 48.8 Å². The number of pyridine rings is 1. The van der Waals surface area contributed by atoms with Crippen molar-refractivity contribution in [2.24, 2.45) is 0 Å². The van der Waals surface area contributed by atoms with Crippen LogP contribution in [0.25, 0.3) is 0 Å². The van der Waals surface area contributed by atoms with Gasteiger partial charge in [-0.2, -0.15) is 4.98 Å². The molecule has 0 atom stereocenters. The van der Waals surface area contributed by atoms with E-state index in [1.807, 2.05) is 37.3 Å². The van der Waals surface area contributed by atoms with E-state index in [1.165, 1.54) is 0 Å². The van der Waals surface area contributed by atoms with Gasteiger partial charge in [0.1, 0.15) is 5.82 Å². The van der Waals surface area contributed by atoms with Crippen LogP contribution in [0.3, 0.4) is 0 Å². The van der Waals surface area contributed by atoms with Crippen LogP contribution in [-0.2, 0) is 13.0 Å². The van der Waals surface area contributed by atoms with Crippen LogP contribution >= 0.6 is 23.2 Å². The number of nitrogens with one attached hydrogen (secondary N) is 2. The minimum atomic E-state index is 0.592. The summed E-state index contributed by atoms with van der Waals surface area (Å²) in [5, 5.41) is 7.88. The highest BCUT2D eigenvalue weighted by atomic mass is 35.5. The number of anilines is 2. The molecule has 0 bridgehead atoms. The molecule has 3 rings (SSSR count). The van der Waals surface area contributed by atoms with Crippen molar-refractivity contribution in [2.45, 2.75) is 19.9 Å². The first-order valence-corrected chi connectivity index (χ1v) is 9.02. The van der Waals surface area contributed by atoms with E-state index in [1.54, 1.807) is 18.5 Å². The van der Waals surface area contributed by atoms with Crippen molar-refractivity contribution in [3.05, 3.63) is 75.7 Å². The fourth-order valence-electron chi connectivity index (χ4n) is 2.47. The topological polar surface area (TPSA) is 62.7 Å². The van der Waals surface area contributed by atoms with Gasteiger partial charge in [-0.3, -0.25) is 4.98 Å². The normalized spacial score (nSPS) is 10.6. The highest BCUT2D eigenvalue weighted by molar-refractivity contribution is 6.35. The summed E-state index contributed by atoms with van der Waals surface area (Å²) >= 11 is 12.1. The Morgan fingerprint density at radius 2 is 1.77 bits per heavy atom. The Bertz CT molecular complexity index is 871. The molecule has 2 heterocycles. The molecule has 2 N–H and O–H groups in total. The number of benzene rings is 1. The molecular formula is C19H19Cl2N5. The minimum absolute atomic E-state index is 0.592. The van der Waals surface area contributed by atoms with Gasteiger partial charge in [0.25, 0.3) is 0 Å². The van der Waals surface area contributed by atoms with Gasteiger partial charge in [-0.25, -0.2) is 4.98 Å². The smallest absolute Gasteiger partial charge is 0.225 e. The molecule has 3 aromatic rings. The second kappa shape index (κ2) is 8.83. The number of hydrogen-bond acceptors (Lipinski definition) is 5. The van der Waals surface area contributed by atoms with Crippen molar-refractivity contribution in [3.8, 4) is 0 Å². The molecule has 0 spiro atoms. The molecular weight excluding hydrogens is 369 g/mol. The average Bonchev–Trinajstić information content (AvgIpc) is 2.62. The quantitative estimate of drug-likeness (QED) is 0.612. The van der Waals surface area contributed by atoms with Gasteiger partial charge in [-0.15, -0.1) is 0 Å². The van der Waals surface area contributed by atoms with Crippen LogP contribution in [0.5, 0.6) is 0 Å². The lowest BCUT2D eigenvalue weighted by molar-refractivity contribution is 0.981. The molecule has 1 aromatic carbocycles. The van der Waals surface area contributed by atoms with Crippen molar-refractivity contribution in [1.29, 1.82) is 0 Å². The first-order valence-electron chi connectivity index (χ1n) is 8.26. The molecule has 0 saturated heterocycles. The second-order valence-corrected chi connectivity index (χ2v) is 6.68. The van der Waals surface area contributed by atoms with E-state index in [0.717, 1.165) is 29.1 Å². The van der Waals surface area contributed by atoms with E-state index in [4.69, 9.17) is 23.2 Å². The number of aromatic nitrogens is 3. The van der Waals surface area contributed by atoms with E-state index in [-0.39, 0.29) is 0 Å². The van der Waals surface area contributed by atoms with Gasteiger partial charge >= 0.3 is 0 Å². The Morgan fingerprint density at radius 3 is 2.54 bits per heavy atom. The molecule has 0 aliphatic rings. The zero-order chi connectivity index (χ0) is 18.4. The zero-order valence-electron chi connectivity index (χ0n) is 14.3. The van der Waals surface area contributed by atoms with Gasteiger partial charge in [0.2, 0.25) is 5.95 Å². The third-order valence-corrected chi connectivity index (χ3v) is 4.36. The second-order valence-electron chi connectivity index (χ2n) is 5.84. The largest absolute Gasteiger partial charge is 0.370 e. The lowest BCUT2D eigenvalue weighted by Crippen LogP contribution is -2.10. The van der Waals surface area contributed by atoms with Gasteiger partial charge in [0.05, 0.1) is 0 Å². The number of nitrogens with zero attached hydrogens (tertiary/aromatic N) is 3. The van der Waals surface area contributed by atoms with E-state index in [9.17, 15) is 0 Å². The van der Waals surface area contributed by atoms with E-state index < -0.39 is 0 Å². The predicted molar refractivity (Wildman–Crippen MR) is 107 cm³/mol. The first kappa shape index (κ1) is 18.4. The molecule has 0 aliphatic heterocycles. The van der Waals surface area contributed by atoms with E-state index in [2.05, 4.69) is 25.6 Å². The summed E-state index contributed by atoms with van der Waals surface area (Å²) in [6.07, 6.45) is 4.31. The Labute approximate surface area is 162 Å². The molecule has 26 heavy (non-hydrogen) atoms.